The minimum absolute atomic E-state index is 0.0787. The Morgan fingerprint density at radius 1 is 0.979 bits per heavy atom. The number of carbonyl (C=O) groups excluding carboxylic acids is 2. The number of anilines is 3. The summed E-state index contributed by atoms with van der Waals surface area (Å²) >= 11 is 3.61. The number of nitrogens with zero attached hydrogens (tertiary/aromatic N) is 3. The number of amides is 2. The Hall–Kier alpha value is -3.06. The lowest BCUT2D eigenvalue weighted by Gasteiger charge is -2.39. The van der Waals surface area contributed by atoms with E-state index < -0.39 is 25.6 Å². The van der Waals surface area contributed by atoms with Crippen LogP contribution in [0.5, 0.6) is 0 Å². The average molecular weight is 720 g/mol. The van der Waals surface area contributed by atoms with E-state index in [1.807, 2.05) is 85.6 Å². The first-order chi connectivity index (χ1) is 22.5. The zero-order valence-electron chi connectivity index (χ0n) is 27.2. The molecule has 3 saturated heterocycles. The summed E-state index contributed by atoms with van der Waals surface area (Å²) in [5, 5.41) is 13.3. The van der Waals surface area contributed by atoms with Gasteiger partial charge in [0.05, 0.1) is 25.0 Å². The molecule has 3 aromatic rings. The standard InChI is InChI=1S/C36H43BrN4O5Si/c1-24-32(47(2,3)45)31(15-20-42)46-36(24)29-21-26(37)11-14-30(29)39(34(36)44)22-25-9-12-27(13-10-25)40-23-41(28-7-5-4-6-8-28)35(33(40)43)16-18-38-19-17-35/h4-14,21,24,31-32,38,42,45H,15-20,22-23H2,1-3H3/t24-,31+,32-,36+/m1/s1. The Morgan fingerprint density at radius 3 is 2.34 bits per heavy atom. The predicted octanol–water partition coefficient (Wildman–Crippen LogP) is 5.11. The van der Waals surface area contributed by atoms with Gasteiger partial charge in [-0.05, 0) is 93.5 Å². The largest absolute Gasteiger partial charge is 0.432 e. The fourth-order valence-corrected chi connectivity index (χ4v) is 11.7. The number of hydrogen-bond acceptors (Lipinski definition) is 7. The fourth-order valence-electron chi connectivity index (χ4n) is 8.74. The predicted molar refractivity (Wildman–Crippen MR) is 189 cm³/mol. The quantitative estimate of drug-likeness (QED) is 0.292. The molecule has 11 heteroatoms. The molecule has 7 rings (SSSR count). The molecule has 3 aromatic carbocycles. The normalized spacial score (nSPS) is 27.0. The second-order valence-corrected chi connectivity index (χ2v) is 18.9. The van der Waals surface area contributed by atoms with Crippen molar-refractivity contribution < 1.29 is 24.2 Å². The molecule has 4 atom stereocenters. The Kier molecular flexibility index (Phi) is 8.38. The molecule has 0 aliphatic carbocycles. The van der Waals surface area contributed by atoms with Crippen LogP contribution in [0.25, 0.3) is 0 Å². The summed E-state index contributed by atoms with van der Waals surface area (Å²) < 4.78 is 7.56. The molecule has 248 valence electrons. The van der Waals surface area contributed by atoms with E-state index in [0.717, 1.165) is 58.6 Å². The van der Waals surface area contributed by atoms with Gasteiger partial charge in [-0.25, -0.2) is 0 Å². The van der Waals surface area contributed by atoms with Gasteiger partial charge < -0.3 is 29.8 Å². The van der Waals surface area contributed by atoms with Gasteiger partial charge in [-0.15, -0.1) is 0 Å². The molecular weight excluding hydrogens is 676 g/mol. The maximum absolute atomic E-state index is 14.6. The van der Waals surface area contributed by atoms with E-state index in [9.17, 15) is 19.5 Å². The van der Waals surface area contributed by atoms with Crippen LogP contribution in [0.4, 0.5) is 17.1 Å². The molecule has 0 unspecified atom stereocenters. The molecule has 0 saturated carbocycles. The summed E-state index contributed by atoms with van der Waals surface area (Å²) in [5.74, 6) is -0.303. The third kappa shape index (κ3) is 5.17. The number of rotatable bonds is 7. The molecule has 2 spiro atoms. The van der Waals surface area contributed by atoms with E-state index in [2.05, 4.69) is 38.3 Å². The SMILES string of the molecule is C[C@@H]1[C@@H]([Si](C)(C)O)[C@H](CCO)O[C@@]12C(=O)N(Cc1ccc(N3CN(c4ccccc4)C4(CCNCC4)C3=O)cc1)c1ccc(Br)cc12. The summed E-state index contributed by atoms with van der Waals surface area (Å²) in [6.07, 6.45) is 1.44. The number of nitrogens with one attached hydrogen (secondary N) is 1. The first-order valence-electron chi connectivity index (χ1n) is 16.6. The van der Waals surface area contributed by atoms with Crippen LogP contribution >= 0.6 is 15.9 Å². The molecule has 2 amide bonds. The summed E-state index contributed by atoms with van der Waals surface area (Å²) in [4.78, 5) is 46.0. The third-order valence-electron chi connectivity index (χ3n) is 10.9. The molecule has 9 nitrogen and oxygen atoms in total. The van der Waals surface area contributed by atoms with E-state index in [4.69, 9.17) is 4.74 Å². The third-order valence-corrected chi connectivity index (χ3v) is 13.9. The van der Waals surface area contributed by atoms with E-state index in [1.54, 1.807) is 4.90 Å². The maximum Gasteiger partial charge on any atom is 0.264 e. The number of piperidine rings is 1. The summed E-state index contributed by atoms with van der Waals surface area (Å²) in [7, 11) is -2.77. The molecule has 0 bridgehead atoms. The number of aliphatic hydroxyl groups is 1. The van der Waals surface area contributed by atoms with Crippen LogP contribution in [0.2, 0.25) is 18.6 Å². The Bertz CT molecular complexity index is 1660. The van der Waals surface area contributed by atoms with Gasteiger partial charge in [0.2, 0.25) is 0 Å². The first kappa shape index (κ1) is 32.5. The van der Waals surface area contributed by atoms with Crippen LogP contribution < -0.4 is 20.0 Å². The van der Waals surface area contributed by atoms with Crippen molar-refractivity contribution in [3.05, 3.63) is 88.4 Å². The van der Waals surface area contributed by atoms with Crippen LogP contribution in [0.1, 0.15) is 37.3 Å². The highest BCUT2D eigenvalue weighted by atomic mass is 79.9. The lowest BCUT2D eigenvalue weighted by molar-refractivity contribution is -0.146. The molecule has 4 heterocycles. The number of para-hydroxylation sites is 1. The van der Waals surface area contributed by atoms with Gasteiger partial charge >= 0.3 is 0 Å². The van der Waals surface area contributed by atoms with Gasteiger partial charge in [-0.2, -0.15) is 0 Å². The van der Waals surface area contributed by atoms with E-state index >= 15 is 0 Å². The number of hydrogen-bond donors (Lipinski definition) is 3. The smallest absolute Gasteiger partial charge is 0.264 e. The summed E-state index contributed by atoms with van der Waals surface area (Å²) in [5.41, 5.74) is 2.35. The lowest BCUT2D eigenvalue weighted by Crippen LogP contribution is -2.55. The van der Waals surface area contributed by atoms with Gasteiger partial charge in [0.15, 0.2) is 13.9 Å². The van der Waals surface area contributed by atoms with Crippen molar-refractivity contribution >= 4 is 53.1 Å². The maximum atomic E-state index is 14.6. The average Bonchev–Trinajstić information content (AvgIpc) is 3.60. The van der Waals surface area contributed by atoms with Crippen molar-refractivity contribution in [2.24, 2.45) is 5.92 Å². The molecular formula is C36H43BrN4O5Si. The van der Waals surface area contributed by atoms with Crippen molar-refractivity contribution in [1.82, 2.24) is 5.32 Å². The number of ether oxygens (including phenoxy) is 1. The molecule has 4 aliphatic rings. The van der Waals surface area contributed by atoms with Crippen molar-refractivity contribution in [2.45, 2.75) is 68.6 Å². The molecule has 47 heavy (non-hydrogen) atoms. The Morgan fingerprint density at radius 2 is 1.68 bits per heavy atom. The summed E-state index contributed by atoms with van der Waals surface area (Å²) in [6.45, 7) is 8.12. The number of aliphatic hydroxyl groups excluding tert-OH is 1. The topological polar surface area (TPSA) is 106 Å². The van der Waals surface area contributed by atoms with Crippen LogP contribution in [0.3, 0.4) is 0 Å². The van der Waals surface area contributed by atoms with E-state index in [-0.39, 0.29) is 29.9 Å². The first-order valence-corrected chi connectivity index (χ1v) is 20.4. The lowest BCUT2D eigenvalue weighted by atomic mass is 9.82. The number of carbonyl (C=O) groups is 2. The fraction of sp³-hybridized carbons (Fsp3) is 0.444. The van der Waals surface area contributed by atoms with Gasteiger partial charge in [-0.3, -0.25) is 14.5 Å². The highest BCUT2D eigenvalue weighted by molar-refractivity contribution is 9.10. The zero-order chi connectivity index (χ0) is 33.1. The van der Waals surface area contributed by atoms with Crippen molar-refractivity contribution in [3.63, 3.8) is 0 Å². The minimum atomic E-state index is -2.77. The molecule has 3 fully saturated rings. The number of benzene rings is 3. The number of fused-ring (bicyclic) bond motifs is 2. The van der Waals surface area contributed by atoms with Crippen molar-refractivity contribution in [3.8, 4) is 0 Å². The van der Waals surface area contributed by atoms with Crippen LogP contribution in [-0.2, 0) is 26.5 Å². The highest BCUT2D eigenvalue weighted by Gasteiger charge is 2.66. The zero-order valence-corrected chi connectivity index (χ0v) is 29.7. The van der Waals surface area contributed by atoms with E-state index in [1.165, 1.54) is 0 Å². The van der Waals surface area contributed by atoms with Gasteiger partial charge in [-0.1, -0.05) is 53.2 Å². The van der Waals surface area contributed by atoms with Crippen LogP contribution in [0.15, 0.2) is 77.3 Å². The van der Waals surface area contributed by atoms with Crippen LogP contribution in [0, 0.1) is 5.92 Å². The highest BCUT2D eigenvalue weighted by Crippen LogP contribution is 2.60. The molecule has 0 aromatic heterocycles. The number of halogens is 1. The Labute approximate surface area is 285 Å². The summed E-state index contributed by atoms with van der Waals surface area (Å²) in [6, 6.07) is 24.0. The van der Waals surface area contributed by atoms with Crippen molar-refractivity contribution in [1.29, 1.82) is 0 Å². The molecule has 3 N–H and O–H groups in total. The van der Waals surface area contributed by atoms with Gasteiger partial charge in [0.1, 0.15) is 5.54 Å². The van der Waals surface area contributed by atoms with E-state index in [0.29, 0.717) is 19.6 Å². The Balaban J connectivity index is 1.18. The minimum Gasteiger partial charge on any atom is -0.432 e. The van der Waals surface area contributed by atoms with Gasteiger partial charge in [0.25, 0.3) is 11.8 Å². The van der Waals surface area contributed by atoms with Gasteiger partial charge in [0, 0.05) is 39.5 Å². The molecule has 0 radical (unpaired) electrons. The second kappa shape index (κ2) is 12.1. The monoisotopic (exact) mass is 718 g/mol. The molecule has 4 aliphatic heterocycles. The van der Waals surface area contributed by atoms with Crippen molar-refractivity contribution in [2.75, 3.05) is 41.1 Å². The second-order valence-electron chi connectivity index (χ2n) is 14.0. The van der Waals surface area contributed by atoms with Crippen LogP contribution in [-0.4, -0.2) is 68.0 Å².